The molecule has 1 nitrogen and oxygen atoms in total. The summed E-state index contributed by atoms with van der Waals surface area (Å²) >= 11 is 0. The zero-order valence-corrected chi connectivity index (χ0v) is 8.34. The van der Waals surface area contributed by atoms with Gasteiger partial charge in [-0.15, -0.1) is 0 Å². The highest BCUT2D eigenvalue weighted by Crippen LogP contribution is 2.36. The van der Waals surface area contributed by atoms with Crippen LogP contribution in [0.15, 0.2) is 0 Å². The topological polar surface area (TPSA) is 12.0 Å². The molecular weight excluding hydrogens is 146 g/mol. The summed E-state index contributed by atoms with van der Waals surface area (Å²) in [5.74, 6) is 2.87. The van der Waals surface area contributed by atoms with Crippen LogP contribution in [0.5, 0.6) is 0 Å². The summed E-state index contributed by atoms with van der Waals surface area (Å²) in [6, 6.07) is 0.866. The Hall–Kier alpha value is -0.0400. The van der Waals surface area contributed by atoms with Crippen molar-refractivity contribution in [1.82, 2.24) is 5.32 Å². The molecule has 1 N–H and O–H groups in total. The standard InChI is InChI=1S/C11H21N/c1-8-6-10-9(2)4-3-5-11(10)12-7-8/h8-12H,3-7H2,1-2H3. The van der Waals surface area contributed by atoms with Crippen molar-refractivity contribution < 1.29 is 0 Å². The second kappa shape index (κ2) is 3.37. The second-order valence-corrected chi connectivity index (χ2v) is 4.93. The Morgan fingerprint density at radius 2 is 2.00 bits per heavy atom. The third-order valence-electron chi connectivity index (χ3n) is 3.83. The molecule has 1 heteroatoms. The highest BCUT2D eigenvalue weighted by Gasteiger charge is 2.34. The van der Waals surface area contributed by atoms with Crippen molar-refractivity contribution in [3.05, 3.63) is 0 Å². The molecule has 0 aromatic rings. The predicted molar refractivity (Wildman–Crippen MR) is 52.1 cm³/mol. The lowest BCUT2D eigenvalue weighted by Crippen LogP contribution is -2.48. The Labute approximate surface area is 75.9 Å². The Kier molecular flexibility index (Phi) is 2.40. The van der Waals surface area contributed by atoms with Crippen LogP contribution in [0.25, 0.3) is 0 Å². The van der Waals surface area contributed by atoms with Gasteiger partial charge in [-0.2, -0.15) is 0 Å². The lowest BCUT2D eigenvalue weighted by molar-refractivity contribution is 0.122. The lowest BCUT2D eigenvalue weighted by atomic mass is 9.71. The van der Waals surface area contributed by atoms with Gasteiger partial charge in [-0.05, 0) is 37.1 Å². The van der Waals surface area contributed by atoms with Crippen molar-refractivity contribution in [3.63, 3.8) is 0 Å². The van der Waals surface area contributed by atoms with Gasteiger partial charge in [0.2, 0.25) is 0 Å². The van der Waals surface area contributed by atoms with E-state index in [0.717, 1.165) is 23.8 Å². The van der Waals surface area contributed by atoms with Gasteiger partial charge in [0.1, 0.15) is 0 Å². The molecule has 0 amide bonds. The van der Waals surface area contributed by atoms with Crippen LogP contribution in [-0.2, 0) is 0 Å². The molecular formula is C11H21N. The smallest absolute Gasteiger partial charge is 0.00980 e. The summed E-state index contributed by atoms with van der Waals surface area (Å²) in [7, 11) is 0. The summed E-state index contributed by atoms with van der Waals surface area (Å²) in [4.78, 5) is 0. The van der Waals surface area contributed by atoms with Crippen LogP contribution in [0.2, 0.25) is 0 Å². The molecule has 1 aliphatic heterocycles. The number of piperidine rings is 1. The normalized spacial score (nSPS) is 48.5. The zero-order valence-electron chi connectivity index (χ0n) is 8.34. The van der Waals surface area contributed by atoms with Crippen LogP contribution in [0.3, 0.4) is 0 Å². The Bertz CT molecular complexity index is 155. The molecule has 0 radical (unpaired) electrons. The van der Waals surface area contributed by atoms with E-state index in [-0.39, 0.29) is 0 Å². The molecule has 0 aromatic carbocycles. The summed E-state index contributed by atoms with van der Waals surface area (Å²) in [6.07, 6.45) is 5.82. The Morgan fingerprint density at radius 3 is 2.83 bits per heavy atom. The van der Waals surface area contributed by atoms with Gasteiger partial charge in [-0.1, -0.05) is 26.7 Å². The monoisotopic (exact) mass is 167 g/mol. The molecule has 2 rings (SSSR count). The summed E-state index contributed by atoms with van der Waals surface area (Å²) < 4.78 is 0. The summed E-state index contributed by atoms with van der Waals surface area (Å²) in [6.45, 7) is 6.08. The van der Waals surface area contributed by atoms with Gasteiger partial charge in [0.05, 0.1) is 0 Å². The molecule has 2 fully saturated rings. The van der Waals surface area contributed by atoms with Crippen molar-refractivity contribution in [2.45, 2.75) is 45.6 Å². The number of rotatable bonds is 0. The van der Waals surface area contributed by atoms with Crippen molar-refractivity contribution in [3.8, 4) is 0 Å². The van der Waals surface area contributed by atoms with Crippen LogP contribution in [0, 0.1) is 17.8 Å². The van der Waals surface area contributed by atoms with Crippen LogP contribution in [0.1, 0.15) is 39.5 Å². The molecule has 0 spiro atoms. The number of hydrogen-bond acceptors (Lipinski definition) is 1. The summed E-state index contributed by atoms with van der Waals surface area (Å²) in [5.41, 5.74) is 0. The van der Waals surface area contributed by atoms with E-state index in [0.29, 0.717) is 0 Å². The zero-order chi connectivity index (χ0) is 8.55. The molecule has 4 unspecified atom stereocenters. The fourth-order valence-corrected chi connectivity index (χ4v) is 3.03. The van der Waals surface area contributed by atoms with Crippen LogP contribution < -0.4 is 5.32 Å². The SMILES string of the molecule is CC1CNC2CCCC(C)C2C1. The predicted octanol–water partition coefficient (Wildman–Crippen LogP) is 2.42. The fraction of sp³-hybridized carbons (Fsp3) is 1.00. The van der Waals surface area contributed by atoms with Gasteiger partial charge in [-0.3, -0.25) is 0 Å². The minimum atomic E-state index is 0.866. The van der Waals surface area contributed by atoms with Gasteiger partial charge in [0.25, 0.3) is 0 Å². The first-order valence-electron chi connectivity index (χ1n) is 5.50. The third kappa shape index (κ3) is 1.52. The largest absolute Gasteiger partial charge is 0.313 e. The van der Waals surface area contributed by atoms with Crippen molar-refractivity contribution in [2.24, 2.45) is 17.8 Å². The number of nitrogens with one attached hydrogen (secondary N) is 1. The van der Waals surface area contributed by atoms with E-state index in [9.17, 15) is 0 Å². The first-order valence-corrected chi connectivity index (χ1v) is 5.50. The molecule has 4 atom stereocenters. The lowest BCUT2D eigenvalue weighted by Gasteiger charge is -2.42. The van der Waals surface area contributed by atoms with E-state index in [2.05, 4.69) is 19.2 Å². The van der Waals surface area contributed by atoms with Gasteiger partial charge < -0.3 is 5.32 Å². The minimum absolute atomic E-state index is 0.866. The van der Waals surface area contributed by atoms with Crippen molar-refractivity contribution in [1.29, 1.82) is 0 Å². The molecule has 1 saturated heterocycles. The highest BCUT2D eigenvalue weighted by atomic mass is 14.9. The fourth-order valence-electron chi connectivity index (χ4n) is 3.03. The van der Waals surface area contributed by atoms with Crippen molar-refractivity contribution >= 4 is 0 Å². The third-order valence-corrected chi connectivity index (χ3v) is 3.83. The first kappa shape index (κ1) is 8.55. The minimum Gasteiger partial charge on any atom is -0.313 e. The quantitative estimate of drug-likeness (QED) is 0.584. The van der Waals surface area contributed by atoms with E-state index in [1.807, 2.05) is 0 Å². The average molecular weight is 167 g/mol. The molecule has 1 heterocycles. The Balaban J connectivity index is 2.00. The van der Waals surface area contributed by atoms with Gasteiger partial charge >= 0.3 is 0 Å². The maximum atomic E-state index is 3.70. The molecule has 70 valence electrons. The highest BCUT2D eigenvalue weighted by molar-refractivity contribution is 4.89. The maximum Gasteiger partial charge on any atom is 0.00980 e. The van der Waals surface area contributed by atoms with Crippen LogP contribution in [0.4, 0.5) is 0 Å². The number of hydrogen-bond donors (Lipinski definition) is 1. The van der Waals surface area contributed by atoms with Crippen molar-refractivity contribution in [2.75, 3.05) is 6.54 Å². The molecule has 2 aliphatic rings. The van der Waals surface area contributed by atoms with Gasteiger partial charge in [0.15, 0.2) is 0 Å². The molecule has 1 aliphatic carbocycles. The molecule has 12 heavy (non-hydrogen) atoms. The van der Waals surface area contributed by atoms with Gasteiger partial charge in [0, 0.05) is 6.04 Å². The van der Waals surface area contributed by atoms with Crippen LogP contribution >= 0.6 is 0 Å². The Morgan fingerprint density at radius 1 is 1.17 bits per heavy atom. The van der Waals surface area contributed by atoms with E-state index in [1.165, 1.54) is 32.2 Å². The molecule has 0 bridgehead atoms. The second-order valence-electron chi connectivity index (χ2n) is 4.93. The van der Waals surface area contributed by atoms with E-state index >= 15 is 0 Å². The maximum absolute atomic E-state index is 3.70. The first-order chi connectivity index (χ1) is 5.77. The number of fused-ring (bicyclic) bond motifs is 1. The van der Waals surface area contributed by atoms with Gasteiger partial charge in [-0.25, -0.2) is 0 Å². The van der Waals surface area contributed by atoms with Crippen LogP contribution in [-0.4, -0.2) is 12.6 Å². The molecule has 0 aromatic heterocycles. The molecule has 1 saturated carbocycles. The van der Waals surface area contributed by atoms with E-state index in [1.54, 1.807) is 0 Å². The van der Waals surface area contributed by atoms with E-state index < -0.39 is 0 Å². The van der Waals surface area contributed by atoms with E-state index in [4.69, 9.17) is 0 Å². The summed E-state index contributed by atoms with van der Waals surface area (Å²) in [5, 5.41) is 3.70. The average Bonchev–Trinajstić information content (AvgIpc) is 2.07.